The minimum absolute atomic E-state index is 0. The van der Waals surface area contributed by atoms with E-state index in [4.69, 9.17) is 0 Å². The molecule has 50 heavy (non-hydrogen) atoms. The van der Waals surface area contributed by atoms with Crippen molar-refractivity contribution in [3.63, 3.8) is 0 Å². The maximum absolute atomic E-state index is 3.93. The van der Waals surface area contributed by atoms with E-state index >= 15 is 0 Å². The van der Waals surface area contributed by atoms with Crippen molar-refractivity contribution in [2.75, 3.05) is 0 Å². The number of hydrogen-bond donors (Lipinski definition) is 0. The molecule has 3 heteroatoms. The van der Waals surface area contributed by atoms with E-state index in [1.807, 2.05) is 18.2 Å². The third kappa shape index (κ3) is 9.82. The zero-order valence-corrected chi connectivity index (χ0v) is 34.7. The Morgan fingerprint density at radius 1 is 0.620 bits per heavy atom. The fourth-order valence-corrected chi connectivity index (χ4v) is 6.94. The van der Waals surface area contributed by atoms with Gasteiger partial charge in [0.05, 0.1) is 0 Å². The van der Waals surface area contributed by atoms with Crippen LogP contribution in [0, 0.1) is 26.0 Å². The van der Waals surface area contributed by atoms with Crippen LogP contribution in [0.15, 0.2) is 115 Å². The maximum atomic E-state index is 3.93. The summed E-state index contributed by atoms with van der Waals surface area (Å²) in [7, 11) is 0. The number of benzene rings is 5. The van der Waals surface area contributed by atoms with Gasteiger partial charge in [-0.15, -0.1) is 35.2 Å². The quantitative estimate of drug-likeness (QED) is 0.186. The first-order valence-corrected chi connectivity index (χ1v) is 18.5. The zero-order valence-electron chi connectivity index (χ0n) is 30.7. The van der Waals surface area contributed by atoms with Crippen molar-refractivity contribution < 1.29 is 49.0 Å². The van der Waals surface area contributed by atoms with Gasteiger partial charge in [0, 0.05) is 0 Å². The van der Waals surface area contributed by atoms with Gasteiger partial charge in [-0.1, -0.05) is 124 Å². The molecule has 0 amide bonds. The third-order valence-electron chi connectivity index (χ3n) is 9.08. The molecule has 5 aromatic rings. The molecule has 2 aliphatic rings. The van der Waals surface area contributed by atoms with E-state index in [1.54, 1.807) is 0 Å². The van der Waals surface area contributed by atoms with Crippen LogP contribution in [0.25, 0.3) is 33.4 Å². The molecule has 2 aliphatic carbocycles. The van der Waals surface area contributed by atoms with E-state index in [2.05, 4.69) is 168 Å². The summed E-state index contributed by atoms with van der Waals surface area (Å²) in [5, 5.41) is 0. The van der Waals surface area contributed by atoms with Crippen molar-refractivity contribution in [3.8, 4) is 33.4 Å². The molecule has 0 aliphatic heterocycles. The molecule has 0 saturated heterocycles. The summed E-state index contributed by atoms with van der Waals surface area (Å²) in [5.41, 5.74) is 17.6. The Bertz CT molecular complexity index is 1850. The Balaban J connectivity index is 0.000000377. The standard InChI is InChI=1S/C35H37.C7H6.C5H5.2ClH.Zr/c1-22-13-9-11-15-26(22)30-18-24-17-25-19-31(27-16-12-10-14-23(27)2)33(35(6,7)8)21-29(25)28(24)20-32(30)34(3,4)5;1-7-5-3-2-4-6-7;1-2-4-5-3-1;;;/h9-16,18,20-21H,17H2,1-8H3;1-6H;1-3H,4H2;2*1H;/q-1;;-1;;;+2/p-2. The Hall–Kier alpha value is -3.09. The summed E-state index contributed by atoms with van der Waals surface area (Å²) in [5.74, 6) is 0. The van der Waals surface area contributed by atoms with Crippen molar-refractivity contribution in [2.45, 2.75) is 79.1 Å². The van der Waals surface area contributed by atoms with E-state index in [-0.39, 0.29) is 35.6 Å². The number of allylic oxidation sites excluding steroid dienone is 4. The van der Waals surface area contributed by atoms with Crippen LogP contribution in [-0.2, 0) is 41.5 Å². The van der Waals surface area contributed by atoms with Crippen molar-refractivity contribution in [1.82, 2.24) is 0 Å². The number of halogens is 2. The molecule has 0 spiro atoms. The van der Waals surface area contributed by atoms with E-state index in [9.17, 15) is 0 Å². The first-order chi connectivity index (χ1) is 22.9. The molecule has 0 heterocycles. The van der Waals surface area contributed by atoms with Gasteiger partial charge in [-0.05, 0) is 58.9 Å². The van der Waals surface area contributed by atoms with E-state index in [1.165, 1.54) is 96.6 Å². The van der Waals surface area contributed by atoms with E-state index in [0.717, 1.165) is 12.8 Å². The number of aryl methyl sites for hydroxylation is 2. The van der Waals surface area contributed by atoms with Gasteiger partial charge in [0.1, 0.15) is 0 Å². The van der Waals surface area contributed by atoms with Crippen molar-refractivity contribution in [2.24, 2.45) is 0 Å². The zero-order chi connectivity index (χ0) is 34.5. The third-order valence-corrected chi connectivity index (χ3v) is 9.90. The van der Waals surface area contributed by atoms with Crippen LogP contribution in [0.5, 0.6) is 0 Å². The first-order valence-electron chi connectivity index (χ1n) is 17.0. The molecular weight excluding hydrogens is 727 g/mol. The summed E-state index contributed by atoms with van der Waals surface area (Å²) < 4.78 is 2.17. The molecular formula is C47H48Cl2Zr-2. The summed E-state index contributed by atoms with van der Waals surface area (Å²) >= 11 is 1.46. The topological polar surface area (TPSA) is 0 Å². The molecule has 0 N–H and O–H groups in total. The van der Waals surface area contributed by atoms with Gasteiger partial charge >= 0.3 is 63.8 Å². The number of fused-ring (bicyclic) bond motifs is 3. The van der Waals surface area contributed by atoms with Gasteiger partial charge in [0.2, 0.25) is 0 Å². The molecule has 256 valence electrons. The molecule has 0 atom stereocenters. The summed E-state index contributed by atoms with van der Waals surface area (Å²) in [6.07, 6.45) is 10.9. The van der Waals surface area contributed by atoms with Crippen LogP contribution < -0.4 is 24.8 Å². The van der Waals surface area contributed by atoms with Crippen LogP contribution in [0.1, 0.15) is 86.9 Å². The predicted octanol–water partition coefficient (Wildman–Crippen LogP) is 6.30. The normalized spacial score (nSPS) is 12.3. The van der Waals surface area contributed by atoms with Crippen LogP contribution in [0.2, 0.25) is 0 Å². The summed E-state index contributed by atoms with van der Waals surface area (Å²) in [4.78, 5) is 0. The average Bonchev–Trinajstić information content (AvgIpc) is 3.76. The molecule has 0 bridgehead atoms. The average molecular weight is 775 g/mol. The molecule has 0 unspecified atom stereocenters. The molecule has 0 radical (unpaired) electrons. The van der Waals surface area contributed by atoms with Gasteiger partial charge in [-0.2, -0.15) is 6.08 Å². The second kappa shape index (κ2) is 17.9. The fourth-order valence-electron chi connectivity index (χ4n) is 6.47. The Labute approximate surface area is 329 Å². The Kier molecular flexibility index (Phi) is 14.8. The summed E-state index contributed by atoms with van der Waals surface area (Å²) in [6.45, 7) is 18.4. The predicted molar refractivity (Wildman–Crippen MR) is 204 cm³/mol. The fraction of sp³-hybridized carbons (Fsp3) is 0.255. The van der Waals surface area contributed by atoms with E-state index < -0.39 is 0 Å². The van der Waals surface area contributed by atoms with Crippen LogP contribution in [0.4, 0.5) is 0 Å². The van der Waals surface area contributed by atoms with Crippen molar-refractivity contribution in [1.29, 1.82) is 0 Å². The minimum atomic E-state index is 0. The second-order valence-electron chi connectivity index (χ2n) is 14.9. The molecule has 5 aromatic carbocycles. The Morgan fingerprint density at radius 3 is 1.66 bits per heavy atom. The van der Waals surface area contributed by atoms with Gasteiger partial charge in [-0.3, -0.25) is 6.08 Å². The van der Waals surface area contributed by atoms with Crippen LogP contribution >= 0.6 is 0 Å². The second-order valence-corrected chi connectivity index (χ2v) is 15.6. The molecule has 0 fully saturated rings. The Morgan fingerprint density at radius 2 is 1.18 bits per heavy atom. The van der Waals surface area contributed by atoms with Crippen LogP contribution in [0.3, 0.4) is 0 Å². The van der Waals surface area contributed by atoms with Crippen molar-refractivity contribution >= 4 is 3.71 Å². The van der Waals surface area contributed by atoms with Gasteiger partial charge in [0.25, 0.3) is 0 Å². The van der Waals surface area contributed by atoms with Crippen molar-refractivity contribution in [3.05, 3.63) is 166 Å². The van der Waals surface area contributed by atoms with E-state index in [0.29, 0.717) is 0 Å². The summed E-state index contributed by atoms with van der Waals surface area (Å²) in [6, 6.07) is 39.2. The van der Waals surface area contributed by atoms with Crippen LogP contribution in [-0.4, -0.2) is 3.71 Å². The van der Waals surface area contributed by atoms with Gasteiger partial charge in [0.15, 0.2) is 0 Å². The number of rotatable bonds is 3. The molecule has 7 rings (SSSR count). The van der Waals surface area contributed by atoms with Gasteiger partial charge < -0.3 is 24.8 Å². The number of hydrogen-bond acceptors (Lipinski definition) is 0. The molecule has 0 saturated carbocycles. The monoisotopic (exact) mass is 772 g/mol. The SMILES string of the molecule is Cc1ccccc1-c1[c-]c2c(cc1C(C)(C)C)-c1cc(C(C)(C)C)c(-c3ccccc3C)cc1C2.[C-]1=CC=CC1.[Cl-].[Cl-].[Zr+2]=[CH]c1ccccc1. The molecule has 0 aromatic heterocycles. The van der Waals surface area contributed by atoms with Gasteiger partial charge in [-0.25, -0.2) is 12.2 Å². The molecule has 0 nitrogen and oxygen atoms in total. The first kappa shape index (κ1) is 41.3.